The molecule has 0 saturated carbocycles. The Hall–Kier alpha value is -5.57. The Bertz CT molecular complexity index is 1630. The summed E-state index contributed by atoms with van der Waals surface area (Å²) < 4.78 is 16.5. The summed E-state index contributed by atoms with van der Waals surface area (Å²) >= 11 is 0. The molecule has 0 aromatic heterocycles. The molecular formula is C38H40N2O7. The number of carboxylic acids is 1. The van der Waals surface area contributed by atoms with Gasteiger partial charge in [-0.3, -0.25) is 9.59 Å². The fraction of sp³-hybridized carbons (Fsp3) is 0.237. The highest BCUT2D eigenvalue weighted by Crippen LogP contribution is 2.29. The molecule has 2 atom stereocenters. The Kier molecular flexibility index (Phi) is 12.6. The van der Waals surface area contributed by atoms with E-state index in [1.807, 2.05) is 109 Å². The van der Waals surface area contributed by atoms with Crippen molar-refractivity contribution in [2.75, 3.05) is 14.2 Å². The molecule has 244 valence electrons. The van der Waals surface area contributed by atoms with Crippen LogP contribution in [0.5, 0.6) is 11.5 Å². The second kappa shape index (κ2) is 17.2. The van der Waals surface area contributed by atoms with Gasteiger partial charge >= 0.3 is 11.9 Å². The molecule has 3 N–H and O–H groups in total. The molecule has 9 heteroatoms. The first-order chi connectivity index (χ1) is 22.8. The van der Waals surface area contributed by atoms with Gasteiger partial charge in [0.2, 0.25) is 5.91 Å². The number of carbonyl (C=O) groups excluding carboxylic acids is 2. The van der Waals surface area contributed by atoms with E-state index < -0.39 is 35.8 Å². The number of hydrogen-bond acceptors (Lipinski definition) is 7. The summed E-state index contributed by atoms with van der Waals surface area (Å²) in [6, 6.07) is 32.7. The number of ether oxygens (including phenoxy) is 3. The highest BCUT2D eigenvalue weighted by molar-refractivity contribution is 5.94. The lowest BCUT2D eigenvalue weighted by atomic mass is 9.86. The number of esters is 1. The topological polar surface area (TPSA) is 123 Å². The maximum atomic E-state index is 14.1. The van der Waals surface area contributed by atoms with Crippen molar-refractivity contribution < 1.29 is 33.7 Å². The number of methoxy groups -OCH3 is 2. The molecule has 0 aliphatic heterocycles. The molecule has 0 radical (unpaired) electrons. The maximum Gasteiger partial charge on any atom is 0.328 e. The molecule has 0 aliphatic rings. The Morgan fingerprint density at radius 2 is 1.40 bits per heavy atom. The minimum Gasteiger partial charge on any atom is -0.493 e. The van der Waals surface area contributed by atoms with E-state index in [-0.39, 0.29) is 12.8 Å². The third-order valence-corrected chi connectivity index (χ3v) is 7.61. The van der Waals surface area contributed by atoms with Crippen molar-refractivity contribution >= 4 is 17.8 Å². The summed E-state index contributed by atoms with van der Waals surface area (Å²) in [6.45, 7) is 0.376. The van der Waals surface area contributed by atoms with Crippen LogP contribution >= 0.6 is 0 Å². The number of benzene rings is 4. The summed E-state index contributed by atoms with van der Waals surface area (Å²) in [7, 11) is 2.83. The van der Waals surface area contributed by atoms with Gasteiger partial charge in [0.25, 0.3) is 0 Å². The largest absolute Gasteiger partial charge is 0.493 e. The van der Waals surface area contributed by atoms with Crippen molar-refractivity contribution in [1.82, 2.24) is 10.6 Å². The quantitative estimate of drug-likeness (QED) is 0.134. The number of amides is 1. The van der Waals surface area contributed by atoms with Gasteiger partial charge in [0.1, 0.15) is 18.2 Å². The van der Waals surface area contributed by atoms with Crippen LogP contribution in [0.25, 0.3) is 0 Å². The fourth-order valence-corrected chi connectivity index (χ4v) is 5.18. The van der Waals surface area contributed by atoms with Crippen LogP contribution in [-0.2, 0) is 45.0 Å². The molecule has 0 bridgehead atoms. The zero-order valence-electron chi connectivity index (χ0n) is 26.6. The lowest BCUT2D eigenvalue weighted by molar-refractivity contribution is -0.147. The molecule has 0 aliphatic carbocycles. The van der Waals surface area contributed by atoms with Gasteiger partial charge in [0.15, 0.2) is 11.5 Å². The van der Waals surface area contributed by atoms with E-state index in [0.717, 1.165) is 22.3 Å². The van der Waals surface area contributed by atoms with Gasteiger partial charge in [0.05, 0.1) is 20.6 Å². The smallest absolute Gasteiger partial charge is 0.328 e. The SMILES string of the molecule is COC(=O)[C@H](Cc1ccccc1)NC(=O)[C@@](CC(=O)O)(Cc1ccccc1)NC=CCc1ccc(OC)c(OCc2ccccc2)c1. The summed E-state index contributed by atoms with van der Waals surface area (Å²) in [6.07, 6.45) is 3.53. The van der Waals surface area contributed by atoms with E-state index in [2.05, 4.69) is 10.6 Å². The number of allylic oxidation sites excluding steroid dienone is 1. The molecule has 9 nitrogen and oxygen atoms in total. The van der Waals surface area contributed by atoms with Crippen LogP contribution in [-0.4, -0.2) is 48.8 Å². The average Bonchev–Trinajstić information content (AvgIpc) is 3.09. The minimum atomic E-state index is -1.63. The third kappa shape index (κ3) is 10.2. The second-order valence-corrected chi connectivity index (χ2v) is 11.1. The standard InChI is InChI=1S/C38H40N2O7/c1-45-33-21-20-29(24-34(33)47-27-31-17-10-5-11-18-31)19-12-22-39-38(26-35(41)42,25-30-15-8-4-9-16-30)37(44)40-32(36(43)46-2)23-28-13-6-3-7-14-28/h3-18,20-22,24,32,39H,19,23,25-27H2,1-2H3,(H,40,44)(H,41,42)/t32-,38-/m0/s1. The third-order valence-electron chi connectivity index (χ3n) is 7.61. The molecule has 4 aromatic rings. The lowest BCUT2D eigenvalue weighted by Gasteiger charge is -2.33. The molecule has 4 rings (SSSR count). The van der Waals surface area contributed by atoms with E-state index in [1.54, 1.807) is 19.4 Å². The van der Waals surface area contributed by atoms with Crippen molar-refractivity contribution in [2.24, 2.45) is 0 Å². The number of hydrogen-bond donors (Lipinski definition) is 3. The van der Waals surface area contributed by atoms with E-state index in [4.69, 9.17) is 14.2 Å². The predicted molar refractivity (Wildman–Crippen MR) is 179 cm³/mol. The molecule has 0 spiro atoms. The number of rotatable bonds is 17. The second-order valence-electron chi connectivity index (χ2n) is 11.1. The van der Waals surface area contributed by atoms with Crippen molar-refractivity contribution in [1.29, 1.82) is 0 Å². The monoisotopic (exact) mass is 636 g/mol. The van der Waals surface area contributed by atoms with Gasteiger partial charge in [-0.05, 0) is 47.0 Å². The molecule has 0 unspecified atom stereocenters. The van der Waals surface area contributed by atoms with Crippen molar-refractivity contribution in [3.8, 4) is 11.5 Å². The van der Waals surface area contributed by atoms with Gasteiger partial charge in [-0.1, -0.05) is 103 Å². The summed E-state index contributed by atoms with van der Waals surface area (Å²) in [5, 5.41) is 15.9. The highest BCUT2D eigenvalue weighted by atomic mass is 16.5. The molecule has 0 saturated heterocycles. The number of carboxylic acid groups (broad SMARTS) is 1. The molecule has 1 amide bonds. The van der Waals surface area contributed by atoms with E-state index in [9.17, 15) is 19.5 Å². The van der Waals surface area contributed by atoms with E-state index in [0.29, 0.717) is 24.5 Å². The van der Waals surface area contributed by atoms with Crippen molar-refractivity contribution in [3.05, 3.63) is 144 Å². The molecule has 4 aromatic carbocycles. The van der Waals surface area contributed by atoms with Gasteiger partial charge in [-0.15, -0.1) is 0 Å². The van der Waals surface area contributed by atoms with Gasteiger partial charge in [0, 0.05) is 12.8 Å². The number of carbonyl (C=O) groups is 3. The van der Waals surface area contributed by atoms with Crippen LogP contribution in [0.4, 0.5) is 0 Å². The van der Waals surface area contributed by atoms with Gasteiger partial charge < -0.3 is 30.0 Å². The Morgan fingerprint density at radius 1 is 0.787 bits per heavy atom. The van der Waals surface area contributed by atoms with Crippen LogP contribution < -0.4 is 20.1 Å². The molecular weight excluding hydrogens is 596 g/mol. The lowest BCUT2D eigenvalue weighted by Crippen LogP contribution is -2.61. The summed E-state index contributed by atoms with van der Waals surface area (Å²) in [5.74, 6) is -1.26. The first kappa shape index (κ1) is 34.3. The molecule has 47 heavy (non-hydrogen) atoms. The Labute approximate surface area is 275 Å². The normalized spacial score (nSPS) is 12.8. The summed E-state index contributed by atoms with van der Waals surface area (Å²) in [4.78, 5) is 39.1. The van der Waals surface area contributed by atoms with Crippen LogP contribution in [0.3, 0.4) is 0 Å². The van der Waals surface area contributed by atoms with Crippen molar-refractivity contribution in [3.63, 3.8) is 0 Å². The molecule has 0 heterocycles. The van der Waals surface area contributed by atoms with E-state index in [1.165, 1.54) is 7.11 Å². The minimum absolute atomic E-state index is 0.0511. The Balaban J connectivity index is 1.56. The van der Waals surface area contributed by atoms with Crippen LogP contribution in [0.2, 0.25) is 0 Å². The fourth-order valence-electron chi connectivity index (χ4n) is 5.18. The van der Waals surface area contributed by atoms with Gasteiger partial charge in [-0.25, -0.2) is 4.79 Å². The average molecular weight is 637 g/mol. The number of nitrogens with one attached hydrogen (secondary N) is 2. The summed E-state index contributed by atoms with van der Waals surface area (Å²) in [5.41, 5.74) is 1.87. The predicted octanol–water partition coefficient (Wildman–Crippen LogP) is 5.28. The van der Waals surface area contributed by atoms with Crippen LogP contribution in [0.1, 0.15) is 28.7 Å². The van der Waals surface area contributed by atoms with Crippen LogP contribution in [0.15, 0.2) is 121 Å². The first-order valence-electron chi connectivity index (χ1n) is 15.3. The zero-order valence-corrected chi connectivity index (χ0v) is 26.6. The highest BCUT2D eigenvalue weighted by Gasteiger charge is 2.42. The number of aliphatic carboxylic acids is 1. The zero-order chi connectivity index (χ0) is 33.5. The van der Waals surface area contributed by atoms with Gasteiger partial charge in [-0.2, -0.15) is 0 Å². The molecule has 0 fully saturated rings. The first-order valence-corrected chi connectivity index (χ1v) is 15.3. The van der Waals surface area contributed by atoms with Crippen LogP contribution in [0, 0.1) is 0 Å². The maximum absolute atomic E-state index is 14.1. The van der Waals surface area contributed by atoms with Crippen molar-refractivity contribution in [2.45, 2.75) is 43.9 Å². The van der Waals surface area contributed by atoms with E-state index >= 15 is 0 Å². The Morgan fingerprint density at radius 3 is 2.00 bits per heavy atom.